The molecule has 18 heavy (non-hydrogen) atoms. The molecule has 1 atom stereocenters. The first-order chi connectivity index (χ1) is 8.60. The van der Waals surface area contributed by atoms with Crippen LogP contribution >= 0.6 is 0 Å². The molecule has 3 heteroatoms. The highest BCUT2D eigenvalue weighted by molar-refractivity contribution is 5.88. The number of benzene rings is 2. The minimum absolute atomic E-state index is 0.118. The maximum absolute atomic E-state index is 11.1. The normalized spacial score (nSPS) is 22.4. The van der Waals surface area contributed by atoms with Crippen molar-refractivity contribution in [3.05, 3.63) is 42.0 Å². The summed E-state index contributed by atoms with van der Waals surface area (Å²) in [6.45, 7) is 2.05. The summed E-state index contributed by atoms with van der Waals surface area (Å²) in [5.41, 5.74) is 0.949. The highest BCUT2D eigenvalue weighted by Crippen LogP contribution is 2.33. The molecular weight excluding hydrogens is 226 g/mol. The third-order valence-electron chi connectivity index (χ3n) is 3.61. The molecule has 2 aromatic carbocycles. The van der Waals surface area contributed by atoms with E-state index in [4.69, 9.17) is 4.74 Å². The lowest BCUT2D eigenvalue weighted by Crippen LogP contribution is -2.56. The fraction of sp³-hybridized carbons (Fsp3) is 0.267. The quantitative estimate of drug-likeness (QED) is 0.821. The zero-order chi connectivity index (χ0) is 12.8. The Kier molecular flexibility index (Phi) is 2.30. The average molecular weight is 241 g/mol. The Bertz CT molecular complexity index is 625. The van der Waals surface area contributed by atoms with Crippen molar-refractivity contribution in [1.29, 1.82) is 0 Å². The van der Waals surface area contributed by atoms with Crippen molar-refractivity contribution in [2.45, 2.75) is 18.9 Å². The van der Waals surface area contributed by atoms with E-state index in [1.165, 1.54) is 0 Å². The van der Waals surface area contributed by atoms with E-state index in [0.717, 1.165) is 22.1 Å². The summed E-state index contributed by atoms with van der Waals surface area (Å²) in [5, 5.41) is 5.27. The second-order valence-corrected chi connectivity index (χ2v) is 4.98. The van der Waals surface area contributed by atoms with Crippen molar-refractivity contribution in [2.75, 3.05) is 7.11 Å². The number of hydrogen-bond donors (Lipinski definition) is 1. The lowest BCUT2D eigenvalue weighted by molar-refractivity contribution is -0.132. The standard InChI is InChI=1S/C15H15NO2/c1-15(9-14(17)16-15)12-5-3-11-8-13(18-2)6-4-10(11)7-12/h3-8H,9H2,1-2H3,(H,16,17). The first-order valence-electron chi connectivity index (χ1n) is 6.00. The Hall–Kier alpha value is -2.03. The van der Waals surface area contributed by atoms with E-state index in [0.29, 0.717) is 6.42 Å². The fourth-order valence-corrected chi connectivity index (χ4v) is 2.48. The Balaban J connectivity index is 2.04. The van der Waals surface area contributed by atoms with Gasteiger partial charge in [-0.1, -0.05) is 18.2 Å². The molecule has 0 aromatic heterocycles. The minimum Gasteiger partial charge on any atom is -0.497 e. The van der Waals surface area contributed by atoms with Crippen LogP contribution in [-0.2, 0) is 10.3 Å². The number of rotatable bonds is 2. The first kappa shape index (κ1) is 11.1. The Labute approximate surface area is 106 Å². The summed E-state index contributed by atoms with van der Waals surface area (Å²) in [4.78, 5) is 11.1. The number of β-lactam (4-membered cyclic amide) rings is 1. The summed E-state index contributed by atoms with van der Waals surface area (Å²) in [5.74, 6) is 0.978. The zero-order valence-electron chi connectivity index (χ0n) is 10.5. The molecule has 0 aliphatic carbocycles. The fourth-order valence-electron chi connectivity index (χ4n) is 2.48. The topological polar surface area (TPSA) is 38.3 Å². The molecule has 1 unspecified atom stereocenters. The molecule has 0 saturated carbocycles. The molecule has 0 spiro atoms. The Morgan fingerprint density at radius 2 is 1.83 bits per heavy atom. The molecule has 3 rings (SSSR count). The Morgan fingerprint density at radius 1 is 1.17 bits per heavy atom. The van der Waals surface area contributed by atoms with Gasteiger partial charge in [-0.05, 0) is 41.5 Å². The van der Waals surface area contributed by atoms with Gasteiger partial charge in [0.05, 0.1) is 19.1 Å². The van der Waals surface area contributed by atoms with E-state index in [-0.39, 0.29) is 11.4 Å². The number of fused-ring (bicyclic) bond motifs is 1. The molecule has 2 aromatic rings. The lowest BCUT2D eigenvalue weighted by atomic mass is 9.81. The third kappa shape index (κ3) is 1.63. The van der Waals surface area contributed by atoms with Gasteiger partial charge in [0, 0.05) is 0 Å². The molecule has 3 nitrogen and oxygen atoms in total. The van der Waals surface area contributed by atoms with E-state index in [1.807, 2.05) is 18.2 Å². The predicted molar refractivity (Wildman–Crippen MR) is 70.6 cm³/mol. The molecule has 0 bridgehead atoms. The van der Waals surface area contributed by atoms with E-state index in [9.17, 15) is 4.79 Å². The van der Waals surface area contributed by atoms with Crippen molar-refractivity contribution in [1.82, 2.24) is 5.32 Å². The van der Waals surface area contributed by atoms with Crippen LogP contribution in [0.2, 0.25) is 0 Å². The molecule has 1 N–H and O–H groups in total. The van der Waals surface area contributed by atoms with Crippen LogP contribution in [0.15, 0.2) is 36.4 Å². The summed E-state index contributed by atoms with van der Waals surface area (Å²) in [6, 6.07) is 12.3. The highest BCUT2D eigenvalue weighted by atomic mass is 16.5. The van der Waals surface area contributed by atoms with Crippen LogP contribution < -0.4 is 10.1 Å². The van der Waals surface area contributed by atoms with E-state index in [1.54, 1.807) is 7.11 Å². The smallest absolute Gasteiger partial charge is 0.223 e. The molecule has 92 valence electrons. The molecule has 1 aliphatic heterocycles. The summed E-state index contributed by atoms with van der Waals surface area (Å²) < 4.78 is 5.21. The van der Waals surface area contributed by atoms with Crippen molar-refractivity contribution in [2.24, 2.45) is 0 Å². The van der Waals surface area contributed by atoms with Gasteiger partial charge in [-0.15, -0.1) is 0 Å². The average Bonchev–Trinajstić information content (AvgIpc) is 2.35. The molecule has 0 radical (unpaired) electrons. The SMILES string of the molecule is COc1ccc2cc(C3(C)CC(=O)N3)ccc2c1. The summed E-state index contributed by atoms with van der Waals surface area (Å²) >= 11 is 0. The number of ether oxygens (including phenoxy) is 1. The summed E-state index contributed by atoms with van der Waals surface area (Å²) in [7, 11) is 1.67. The number of carbonyl (C=O) groups excluding carboxylic acids is 1. The van der Waals surface area contributed by atoms with E-state index in [2.05, 4.69) is 30.4 Å². The second kappa shape index (κ2) is 3.73. The first-order valence-corrected chi connectivity index (χ1v) is 6.00. The van der Waals surface area contributed by atoms with Gasteiger partial charge >= 0.3 is 0 Å². The zero-order valence-corrected chi connectivity index (χ0v) is 10.5. The number of nitrogens with one attached hydrogen (secondary N) is 1. The van der Waals surface area contributed by atoms with Gasteiger partial charge in [0.1, 0.15) is 5.75 Å². The van der Waals surface area contributed by atoms with Crippen molar-refractivity contribution in [3.8, 4) is 5.75 Å². The maximum atomic E-state index is 11.1. The lowest BCUT2D eigenvalue weighted by Gasteiger charge is -2.39. The molecule has 1 saturated heterocycles. The van der Waals surface area contributed by atoms with E-state index < -0.39 is 0 Å². The van der Waals surface area contributed by atoms with Crippen LogP contribution in [0.25, 0.3) is 10.8 Å². The number of carbonyl (C=O) groups is 1. The van der Waals surface area contributed by atoms with Crippen LogP contribution in [-0.4, -0.2) is 13.0 Å². The van der Waals surface area contributed by atoms with Crippen LogP contribution in [0.3, 0.4) is 0 Å². The molecule has 1 aliphatic rings. The van der Waals surface area contributed by atoms with Crippen LogP contribution in [0, 0.1) is 0 Å². The molecule has 1 fully saturated rings. The van der Waals surface area contributed by atoms with E-state index >= 15 is 0 Å². The van der Waals surface area contributed by atoms with Crippen LogP contribution in [0.1, 0.15) is 18.9 Å². The van der Waals surface area contributed by atoms with Crippen molar-refractivity contribution < 1.29 is 9.53 Å². The Morgan fingerprint density at radius 3 is 2.50 bits per heavy atom. The van der Waals surface area contributed by atoms with Gasteiger partial charge in [0.2, 0.25) is 5.91 Å². The van der Waals surface area contributed by atoms with Crippen molar-refractivity contribution in [3.63, 3.8) is 0 Å². The third-order valence-corrected chi connectivity index (χ3v) is 3.61. The highest BCUT2D eigenvalue weighted by Gasteiger charge is 2.39. The van der Waals surface area contributed by atoms with Gasteiger partial charge < -0.3 is 10.1 Å². The van der Waals surface area contributed by atoms with Gasteiger partial charge in [0.25, 0.3) is 0 Å². The van der Waals surface area contributed by atoms with Crippen LogP contribution in [0.5, 0.6) is 5.75 Å². The van der Waals surface area contributed by atoms with Gasteiger partial charge in [-0.2, -0.15) is 0 Å². The van der Waals surface area contributed by atoms with Crippen molar-refractivity contribution >= 4 is 16.7 Å². The second-order valence-electron chi connectivity index (χ2n) is 4.98. The molecule has 1 heterocycles. The van der Waals surface area contributed by atoms with Gasteiger partial charge in [0.15, 0.2) is 0 Å². The summed E-state index contributed by atoms with van der Waals surface area (Å²) in [6.07, 6.45) is 0.564. The number of methoxy groups -OCH3 is 1. The maximum Gasteiger partial charge on any atom is 0.223 e. The molecule has 1 amide bonds. The minimum atomic E-state index is -0.203. The predicted octanol–water partition coefficient (Wildman–Crippen LogP) is 2.58. The van der Waals surface area contributed by atoms with Gasteiger partial charge in [-0.3, -0.25) is 4.79 Å². The molecular formula is C15H15NO2. The largest absolute Gasteiger partial charge is 0.497 e. The number of hydrogen-bond acceptors (Lipinski definition) is 2. The van der Waals surface area contributed by atoms with Crippen LogP contribution in [0.4, 0.5) is 0 Å². The number of amides is 1. The monoisotopic (exact) mass is 241 g/mol. The van der Waals surface area contributed by atoms with Gasteiger partial charge in [-0.25, -0.2) is 0 Å².